The van der Waals surface area contributed by atoms with Crippen molar-refractivity contribution in [2.75, 3.05) is 4.90 Å². The fourth-order valence-electron chi connectivity index (χ4n) is 2.64. The Morgan fingerprint density at radius 2 is 1.81 bits per heavy atom. The molecule has 112 valence electrons. The lowest BCUT2D eigenvalue weighted by atomic mass is 9.78. The molecule has 1 saturated heterocycles. The number of imide groups is 2. The number of nitrogens with zero attached hydrogens (tertiary/aromatic N) is 1. The standard InChI is InChI=1S/C15H17BrN2O3/c1-4-15(5-2)12(19)17-14(21)18(13(15)20)11-7-6-10(16)8-9(11)3/h6-8H,4-5H2,1-3H3,(H,17,19,21). The van der Waals surface area contributed by atoms with Crippen LogP contribution in [0.25, 0.3) is 0 Å². The minimum atomic E-state index is -1.17. The van der Waals surface area contributed by atoms with Gasteiger partial charge in [-0.25, -0.2) is 9.69 Å². The first-order valence-electron chi connectivity index (χ1n) is 6.83. The van der Waals surface area contributed by atoms with Crippen LogP contribution in [-0.2, 0) is 9.59 Å². The van der Waals surface area contributed by atoms with Gasteiger partial charge in [-0.3, -0.25) is 14.9 Å². The average Bonchev–Trinajstić information content (AvgIpc) is 2.42. The third-order valence-electron chi connectivity index (χ3n) is 4.08. The first kappa shape index (κ1) is 15.7. The second kappa shape index (κ2) is 5.60. The molecule has 1 N–H and O–H groups in total. The number of nitrogens with one attached hydrogen (secondary N) is 1. The molecule has 6 heteroatoms. The van der Waals surface area contributed by atoms with Gasteiger partial charge in [0.2, 0.25) is 5.91 Å². The van der Waals surface area contributed by atoms with E-state index in [1.807, 2.05) is 13.0 Å². The van der Waals surface area contributed by atoms with Crippen molar-refractivity contribution in [2.45, 2.75) is 33.6 Å². The van der Waals surface area contributed by atoms with Crippen LogP contribution in [0.3, 0.4) is 0 Å². The number of anilines is 1. The van der Waals surface area contributed by atoms with E-state index in [1.165, 1.54) is 0 Å². The summed E-state index contributed by atoms with van der Waals surface area (Å²) in [6.07, 6.45) is 0.709. The molecule has 0 spiro atoms. The number of carbonyl (C=O) groups excluding carboxylic acids is 3. The van der Waals surface area contributed by atoms with Gasteiger partial charge in [-0.15, -0.1) is 0 Å². The van der Waals surface area contributed by atoms with Crippen molar-refractivity contribution in [2.24, 2.45) is 5.41 Å². The second-order valence-electron chi connectivity index (χ2n) is 5.12. The van der Waals surface area contributed by atoms with Crippen molar-refractivity contribution in [3.8, 4) is 0 Å². The maximum Gasteiger partial charge on any atom is 0.335 e. The number of halogens is 1. The maximum atomic E-state index is 12.8. The normalized spacial score (nSPS) is 17.9. The molecule has 0 unspecified atom stereocenters. The molecule has 0 aromatic heterocycles. The Morgan fingerprint density at radius 1 is 1.19 bits per heavy atom. The van der Waals surface area contributed by atoms with Gasteiger partial charge in [0.05, 0.1) is 5.69 Å². The summed E-state index contributed by atoms with van der Waals surface area (Å²) in [5, 5.41) is 2.31. The highest BCUT2D eigenvalue weighted by atomic mass is 79.9. The van der Waals surface area contributed by atoms with Crippen LogP contribution in [0.5, 0.6) is 0 Å². The Balaban J connectivity index is 2.54. The molecule has 1 aromatic carbocycles. The van der Waals surface area contributed by atoms with Gasteiger partial charge in [0.15, 0.2) is 0 Å². The van der Waals surface area contributed by atoms with Gasteiger partial charge < -0.3 is 0 Å². The van der Waals surface area contributed by atoms with E-state index in [-0.39, 0.29) is 0 Å². The quantitative estimate of drug-likeness (QED) is 0.849. The molecule has 0 aliphatic carbocycles. The predicted molar refractivity (Wildman–Crippen MR) is 82.9 cm³/mol. The van der Waals surface area contributed by atoms with Crippen LogP contribution in [0.2, 0.25) is 0 Å². The fraction of sp³-hybridized carbons (Fsp3) is 0.400. The molecule has 5 nitrogen and oxygen atoms in total. The zero-order chi connectivity index (χ0) is 15.8. The van der Waals surface area contributed by atoms with Crippen molar-refractivity contribution < 1.29 is 14.4 Å². The molecule has 0 bridgehead atoms. The molecule has 1 fully saturated rings. The van der Waals surface area contributed by atoms with E-state index < -0.39 is 23.3 Å². The van der Waals surface area contributed by atoms with Crippen molar-refractivity contribution >= 4 is 39.5 Å². The van der Waals surface area contributed by atoms with Gasteiger partial charge in [-0.05, 0) is 43.5 Å². The van der Waals surface area contributed by atoms with E-state index in [9.17, 15) is 14.4 Å². The number of rotatable bonds is 3. The molecule has 1 aromatic rings. The molecule has 0 radical (unpaired) electrons. The van der Waals surface area contributed by atoms with Crippen LogP contribution in [0, 0.1) is 12.3 Å². The summed E-state index contributed by atoms with van der Waals surface area (Å²) in [4.78, 5) is 38.1. The molecule has 1 aliphatic heterocycles. The van der Waals surface area contributed by atoms with Gasteiger partial charge in [0.1, 0.15) is 5.41 Å². The molecular weight excluding hydrogens is 336 g/mol. The highest BCUT2D eigenvalue weighted by molar-refractivity contribution is 9.10. The summed E-state index contributed by atoms with van der Waals surface area (Å²) >= 11 is 3.35. The summed E-state index contributed by atoms with van der Waals surface area (Å²) in [5.41, 5.74) is 0.107. The molecule has 1 aliphatic rings. The van der Waals surface area contributed by atoms with Crippen molar-refractivity contribution in [3.05, 3.63) is 28.2 Å². The van der Waals surface area contributed by atoms with Crippen molar-refractivity contribution in [3.63, 3.8) is 0 Å². The number of urea groups is 1. The highest BCUT2D eigenvalue weighted by Gasteiger charge is 2.52. The van der Waals surface area contributed by atoms with Crippen LogP contribution in [0.4, 0.5) is 10.5 Å². The average molecular weight is 353 g/mol. The molecule has 0 atom stereocenters. The zero-order valence-electron chi connectivity index (χ0n) is 12.2. The van der Waals surface area contributed by atoms with E-state index in [2.05, 4.69) is 21.2 Å². The second-order valence-corrected chi connectivity index (χ2v) is 6.04. The van der Waals surface area contributed by atoms with E-state index in [4.69, 9.17) is 0 Å². The molecule has 1 heterocycles. The SMILES string of the molecule is CCC1(CC)C(=O)NC(=O)N(c2ccc(Br)cc2C)C1=O. The largest absolute Gasteiger partial charge is 0.335 e. The number of carbonyl (C=O) groups is 3. The number of benzene rings is 1. The van der Waals surface area contributed by atoms with Gasteiger partial charge in [0.25, 0.3) is 5.91 Å². The van der Waals surface area contributed by atoms with Crippen molar-refractivity contribution in [1.29, 1.82) is 0 Å². The molecule has 21 heavy (non-hydrogen) atoms. The van der Waals surface area contributed by atoms with Gasteiger partial charge in [-0.1, -0.05) is 29.8 Å². The van der Waals surface area contributed by atoms with Crippen LogP contribution < -0.4 is 10.2 Å². The maximum absolute atomic E-state index is 12.8. The summed E-state index contributed by atoms with van der Waals surface area (Å²) in [7, 11) is 0. The number of aryl methyl sites for hydroxylation is 1. The Hall–Kier alpha value is -1.69. The summed E-state index contributed by atoms with van der Waals surface area (Å²) in [6, 6.07) is 4.60. The predicted octanol–water partition coefficient (Wildman–Crippen LogP) is 3.15. The lowest BCUT2D eigenvalue weighted by Gasteiger charge is -2.38. The van der Waals surface area contributed by atoms with E-state index in [0.29, 0.717) is 18.5 Å². The number of hydrogen-bond donors (Lipinski definition) is 1. The summed E-state index contributed by atoms with van der Waals surface area (Å²) < 4.78 is 0.863. The van der Waals surface area contributed by atoms with Crippen molar-refractivity contribution in [1.82, 2.24) is 5.32 Å². The first-order chi connectivity index (χ1) is 9.87. The Labute approximate surface area is 131 Å². The minimum absolute atomic E-state index is 0.355. The lowest BCUT2D eigenvalue weighted by Crippen LogP contribution is -2.64. The molecule has 4 amide bonds. The van der Waals surface area contributed by atoms with E-state index in [0.717, 1.165) is 14.9 Å². The third-order valence-corrected chi connectivity index (χ3v) is 4.57. The van der Waals surface area contributed by atoms with Crippen LogP contribution in [0.1, 0.15) is 32.3 Å². The number of barbiturate groups is 1. The van der Waals surface area contributed by atoms with E-state index in [1.54, 1.807) is 26.0 Å². The third kappa shape index (κ3) is 2.37. The number of amides is 4. The fourth-order valence-corrected chi connectivity index (χ4v) is 3.11. The minimum Gasteiger partial charge on any atom is -0.276 e. The topological polar surface area (TPSA) is 66.5 Å². The Bertz CT molecular complexity index is 623. The van der Waals surface area contributed by atoms with E-state index >= 15 is 0 Å². The monoisotopic (exact) mass is 352 g/mol. The Kier molecular flexibility index (Phi) is 4.18. The lowest BCUT2D eigenvalue weighted by molar-refractivity contribution is -0.143. The van der Waals surface area contributed by atoms with Gasteiger partial charge in [-0.2, -0.15) is 0 Å². The zero-order valence-corrected chi connectivity index (χ0v) is 13.8. The van der Waals surface area contributed by atoms with Crippen LogP contribution in [-0.4, -0.2) is 17.8 Å². The summed E-state index contributed by atoms with van der Waals surface area (Å²) in [6.45, 7) is 5.38. The number of hydrogen-bond acceptors (Lipinski definition) is 3. The smallest absolute Gasteiger partial charge is 0.276 e. The van der Waals surface area contributed by atoms with Gasteiger partial charge >= 0.3 is 6.03 Å². The first-order valence-corrected chi connectivity index (χ1v) is 7.62. The molecule has 2 rings (SSSR count). The highest BCUT2D eigenvalue weighted by Crippen LogP contribution is 2.36. The molecule has 0 saturated carbocycles. The molecular formula is C15H17BrN2O3. The van der Waals surface area contributed by atoms with Crippen LogP contribution in [0.15, 0.2) is 22.7 Å². The van der Waals surface area contributed by atoms with Gasteiger partial charge in [0, 0.05) is 4.47 Å². The summed E-state index contributed by atoms with van der Waals surface area (Å²) in [5.74, 6) is -0.958. The Morgan fingerprint density at radius 3 is 2.33 bits per heavy atom. The van der Waals surface area contributed by atoms with Crippen LogP contribution >= 0.6 is 15.9 Å².